The highest BCUT2D eigenvalue weighted by Gasteiger charge is 2.30. The normalized spacial score (nSPS) is 29.2. The minimum absolute atomic E-state index is 0.459. The first kappa shape index (κ1) is 14.5. The Kier molecular flexibility index (Phi) is 6.58. The molecular weight excluding hydrogens is 210 g/mol. The third kappa shape index (κ3) is 5.08. The molecular formula is C15H27NO. The Morgan fingerprint density at radius 1 is 1.29 bits per heavy atom. The summed E-state index contributed by atoms with van der Waals surface area (Å²) in [6.07, 6.45) is 7.03. The highest BCUT2D eigenvalue weighted by molar-refractivity contribution is 4.81. The third-order valence-electron chi connectivity index (χ3n) is 3.98. The van der Waals surface area contributed by atoms with Crippen molar-refractivity contribution in [1.29, 1.82) is 5.26 Å². The quantitative estimate of drug-likeness (QED) is 0.650. The van der Waals surface area contributed by atoms with E-state index in [1.54, 1.807) is 0 Å². The van der Waals surface area contributed by atoms with Crippen LogP contribution in [0.15, 0.2) is 0 Å². The van der Waals surface area contributed by atoms with Gasteiger partial charge < -0.3 is 4.74 Å². The van der Waals surface area contributed by atoms with Crippen LogP contribution in [-0.2, 0) is 4.74 Å². The second-order valence-electron chi connectivity index (χ2n) is 5.85. The molecule has 0 bridgehead atoms. The van der Waals surface area contributed by atoms with E-state index in [9.17, 15) is 0 Å². The summed E-state index contributed by atoms with van der Waals surface area (Å²) in [6.45, 7) is 7.80. The van der Waals surface area contributed by atoms with Gasteiger partial charge in [-0.25, -0.2) is 0 Å². The van der Waals surface area contributed by atoms with E-state index in [-0.39, 0.29) is 0 Å². The van der Waals surface area contributed by atoms with Crippen LogP contribution in [0.25, 0.3) is 0 Å². The van der Waals surface area contributed by atoms with Crippen molar-refractivity contribution in [1.82, 2.24) is 0 Å². The maximum Gasteiger partial charge on any atom is 0.0621 e. The van der Waals surface area contributed by atoms with Gasteiger partial charge in [0, 0.05) is 13.0 Å². The lowest BCUT2D eigenvalue weighted by atomic mass is 9.75. The molecule has 0 saturated heterocycles. The predicted molar refractivity (Wildman–Crippen MR) is 70.5 cm³/mol. The average Bonchev–Trinajstić information content (AvgIpc) is 2.28. The molecule has 1 aliphatic rings. The number of rotatable bonds is 6. The van der Waals surface area contributed by atoms with E-state index in [1.807, 2.05) is 0 Å². The third-order valence-corrected chi connectivity index (χ3v) is 3.98. The molecule has 1 fully saturated rings. The largest absolute Gasteiger partial charge is 0.378 e. The first-order chi connectivity index (χ1) is 8.15. The minimum atomic E-state index is 0.459. The Balaban J connectivity index is 2.29. The SMILES string of the molecule is CC1CCC(C(C)C)C(OCCCCC#N)C1. The summed E-state index contributed by atoms with van der Waals surface area (Å²) in [5, 5.41) is 8.47. The Morgan fingerprint density at radius 3 is 2.71 bits per heavy atom. The molecule has 0 N–H and O–H groups in total. The van der Waals surface area contributed by atoms with Crippen molar-refractivity contribution in [3.63, 3.8) is 0 Å². The molecule has 17 heavy (non-hydrogen) atoms. The molecule has 0 aromatic rings. The van der Waals surface area contributed by atoms with Gasteiger partial charge in [0.2, 0.25) is 0 Å². The monoisotopic (exact) mass is 237 g/mol. The van der Waals surface area contributed by atoms with Crippen LogP contribution in [0.1, 0.15) is 59.3 Å². The average molecular weight is 237 g/mol. The molecule has 0 spiro atoms. The summed E-state index contributed by atoms with van der Waals surface area (Å²) in [5.74, 6) is 2.28. The summed E-state index contributed by atoms with van der Waals surface area (Å²) in [7, 11) is 0. The standard InChI is InChI=1S/C15H27NO/c1-12(2)14-8-7-13(3)11-15(14)17-10-6-4-5-9-16/h12-15H,4-8,10-11H2,1-3H3. The molecule has 0 amide bonds. The zero-order valence-electron chi connectivity index (χ0n) is 11.6. The molecule has 1 aliphatic carbocycles. The fourth-order valence-corrected chi connectivity index (χ4v) is 2.85. The Labute approximate surface area is 106 Å². The zero-order chi connectivity index (χ0) is 12.7. The van der Waals surface area contributed by atoms with Crippen LogP contribution >= 0.6 is 0 Å². The van der Waals surface area contributed by atoms with Gasteiger partial charge in [-0.05, 0) is 43.4 Å². The van der Waals surface area contributed by atoms with Crippen molar-refractivity contribution < 1.29 is 4.74 Å². The zero-order valence-corrected chi connectivity index (χ0v) is 11.6. The van der Waals surface area contributed by atoms with Crippen LogP contribution in [0, 0.1) is 29.1 Å². The molecule has 98 valence electrons. The van der Waals surface area contributed by atoms with Crippen molar-refractivity contribution in [3.8, 4) is 6.07 Å². The molecule has 2 heteroatoms. The molecule has 0 aliphatic heterocycles. The second kappa shape index (κ2) is 7.71. The Hall–Kier alpha value is -0.550. The van der Waals surface area contributed by atoms with Crippen LogP contribution < -0.4 is 0 Å². The van der Waals surface area contributed by atoms with Gasteiger partial charge in [-0.3, -0.25) is 0 Å². The van der Waals surface area contributed by atoms with Crippen molar-refractivity contribution in [2.75, 3.05) is 6.61 Å². The highest BCUT2D eigenvalue weighted by Crippen LogP contribution is 2.35. The minimum Gasteiger partial charge on any atom is -0.378 e. The molecule has 2 nitrogen and oxygen atoms in total. The van der Waals surface area contributed by atoms with Gasteiger partial charge >= 0.3 is 0 Å². The first-order valence-electron chi connectivity index (χ1n) is 7.13. The molecule has 0 heterocycles. The molecule has 1 rings (SSSR count). The number of hydrogen-bond donors (Lipinski definition) is 0. The predicted octanol–water partition coefficient (Wildman–Crippen LogP) is 4.16. The van der Waals surface area contributed by atoms with Gasteiger partial charge in [-0.15, -0.1) is 0 Å². The van der Waals surface area contributed by atoms with Gasteiger partial charge in [-0.1, -0.05) is 27.2 Å². The van der Waals surface area contributed by atoms with Crippen LogP contribution in [0.2, 0.25) is 0 Å². The lowest BCUT2D eigenvalue weighted by Gasteiger charge is -2.37. The molecule has 3 atom stereocenters. The van der Waals surface area contributed by atoms with Crippen LogP contribution in [0.3, 0.4) is 0 Å². The summed E-state index contributed by atoms with van der Waals surface area (Å²) in [4.78, 5) is 0. The maximum atomic E-state index is 8.47. The lowest BCUT2D eigenvalue weighted by molar-refractivity contribution is -0.0392. The van der Waals surface area contributed by atoms with Gasteiger partial charge in [0.1, 0.15) is 0 Å². The van der Waals surface area contributed by atoms with Crippen molar-refractivity contribution >= 4 is 0 Å². The number of ether oxygens (including phenoxy) is 1. The van der Waals surface area contributed by atoms with Crippen molar-refractivity contribution in [2.24, 2.45) is 17.8 Å². The number of nitrogens with zero attached hydrogens (tertiary/aromatic N) is 1. The Bertz CT molecular complexity index is 244. The molecule has 0 radical (unpaired) electrons. The fourth-order valence-electron chi connectivity index (χ4n) is 2.85. The number of unbranched alkanes of at least 4 members (excludes halogenated alkanes) is 2. The second-order valence-corrected chi connectivity index (χ2v) is 5.85. The number of nitriles is 1. The Morgan fingerprint density at radius 2 is 2.06 bits per heavy atom. The van der Waals surface area contributed by atoms with Gasteiger partial charge in [0.25, 0.3) is 0 Å². The summed E-state index contributed by atoms with van der Waals surface area (Å²) in [6, 6.07) is 2.18. The van der Waals surface area contributed by atoms with Gasteiger partial charge in [-0.2, -0.15) is 5.26 Å². The van der Waals surface area contributed by atoms with Crippen LogP contribution in [0.5, 0.6) is 0 Å². The maximum absolute atomic E-state index is 8.47. The van der Waals surface area contributed by atoms with E-state index < -0.39 is 0 Å². The first-order valence-corrected chi connectivity index (χ1v) is 7.13. The van der Waals surface area contributed by atoms with Crippen molar-refractivity contribution in [3.05, 3.63) is 0 Å². The van der Waals surface area contributed by atoms with Crippen LogP contribution in [0.4, 0.5) is 0 Å². The van der Waals surface area contributed by atoms with Crippen LogP contribution in [-0.4, -0.2) is 12.7 Å². The van der Waals surface area contributed by atoms with E-state index in [2.05, 4.69) is 26.8 Å². The lowest BCUT2D eigenvalue weighted by Crippen LogP contribution is -2.34. The summed E-state index contributed by atoms with van der Waals surface area (Å²) < 4.78 is 6.06. The van der Waals surface area contributed by atoms with E-state index in [0.29, 0.717) is 12.5 Å². The van der Waals surface area contributed by atoms with E-state index in [4.69, 9.17) is 10.00 Å². The fraction of sp³-hybridized carbons (Fsp3) is 0.933. The van der Waals surface area contributed by atoms with Gasteiger partial charge in [0.15, 0.2) is 0 Å². The molecule has 3 unspecified atom stereocenters. The summed E-state index contributed by atoms with van der Waals surface area (Å²) >= 11 is 0. The molecule has 0 aromatic heterocycles. The smallest absolute Gasteiger partial charge is 0.0621 e. The van der Waals surface area contributed by atoms with E-state index in [0.717, 1.165) is 37.2 Å². The van der Waals surface area contributed by atoms with Gasteiger partial charge in [0.05, 0.1) is 12.2 Å². The van der Waals surface area contributed by atoms with E-state index >= 15 is 0 Å². The summed E-state index contributed by atoms with van der Waals surface area (Å²) in [5.41, 5.74) is 0. The molecule has 0 aromatic carbocycles. The highest BCUT2D eigenvalue weighted by atomic mass is 16.5. The number of hydrogen-bond acceptors (Lipinski definition) is 2. The van der Waals surface area contributed by atoms with E-state index in [1.165, 1.54) is 19.3 Å². The molecule has 1 saturated carbocycles. The topological polar surface area (TPSA) is 33.0 Å². The van der Waals surface area contributed by atoms with Crippen molar-refractivity contribution in [2.45, 2.75) is 65.4 Å².